The zero-order valence-electron chi connectivity index (χ0n) is 11.1. The number of carbonyl (C=O) groups is 2. The third-order valence-electron chi connectivity index (χ3n) is 3.33. The van der Waals surface area contributed by atoms with Crippen molar-refractivity contribution in [3.63, 3.8) is 0 Å². The monoisotopic (exact) mass is 261 g/mol. The van der Waals surface area contributed by atoms with E-state index in [0.29, 0.717) is 11.3 Å². The van der Waals surface area contributed by atoms with Crippen LogP contribution in [0.1, 0.15) is 28.8 Å². The highest BCUT2D eigenvalue weighted by molar-refractivity contribution is 5.97. The predicted octanol–water partition coefficient (Wildman–Crippen LogP) is 1.13. The molecule has 0 unspecified atom stereocenters. The van der Waals surface area contributed by atoms with Gasteiger partial charge in [-0.1, -0.05) is 0 Å². The normalized spacial score (nSPS) is 14.5. The first-order chi connectivity index (χ1) is 9.11. The molecule has 5 nitrogen and oxygen atoms in total. The molecule has 0 radical (unpaired) electrons. The van der Waals surface area contributed by atoms with E-state index in [1.54, 1.807) is 12.1 Å². The fourth-order valence-corrected chi connectivity index (χ4v) is 2.24. The maximum Gasteiger partial charge on any atom is 0.253 e. The molecule has 0 aliphatic carbocycles. The molecule has 1 saturated heterocycles. The molecule has 1 fully saturated rings. The minimum Gasteiger partial charge on any atom is -0.339 e. The van der Waals surface area contributed by atoms with Crippen LogP contribution >= 0.6 is 0 Å². The summed E-state index contributed by atoms with van der Waals surface area (Å²) in [5, 5.41) is 2.71. The van der Waals surface area contributed by atoms with Gasteiger partial charge in [-0.3, -0.25) is 9.59 Å². The first kappa shape index (κ1) is 13.5. The van der Waals surface area contributed by atoms with Crippen molar-refractivity contribution in [2.45, 2.75) is 19.8 Å². The van der Waals surface area contributed by atoms with Gasteiger partial charge in [0.2, 0.25) is 5.91 Å². The standard InChI is InChI=1S/C14H19N3O2/c1-10-8-11(14(19)17-6-2-3-7-17)4-5-12(10)16-13(18)9-15/h4-5,8H,2-3,6-7,9,15H2,1H3,(H,16,18). The van der Waals surface area contributed by atoms with Crippen molar-refractivity contribution in [1.82, 2.24) is 4.90 Å². The number of nitrogens with two attached hydrogens (primary N) is 1. The molecule has 0 saturated carbocycles. The number of nitrogens with one attached hydrogen (secondary N) is 1. The van der Waals surface area contributed by atoms with Gasteiger partial charge in [0.1, 0.15) is 0 Å². The number of carbonyl (C=O) groups excluding carboxylic acids is 2. The molecule has 0 aromatic heterocycles. The van der Waals surface area contributed by atoms with Crippen LogP contribution in [0.15, 0.2) is 18.2 Å². The van der Waals surface area contributed by atoms with Crippen molar-refractivity contribution in [3.05, 3.63) is 29.3 Å². The Labute approximate surface area is 112 Å². The maximum absolute atomic E-state index is 12.2. The SMILES string of the molecule is Cc1cc(C(=O)N2CCCC2)ccc1NC(=O)CN. The number of nitrogens with zero attached hydrogens (tertiary/aromatic N) is 1. The van der Waals surface area contributed by atoms with Crippen LogP contribution in [0, 0.1) is 6.92 Å². The van der Waals surface area contributed by atoms with E-state index in [9.17, 15) is 9.59 Å². The van der Waals surface area contributed by atoms with Crippen molar-refractivity contribution in [2.24, 2.45) is 5.73 Å². The molecule has 0 bridgehead atoms. The van der Waals surface area contributed by atoms with Gasteiger partial charge >= 0.3 is 0 Å². The van der Waals surface area contributed by atoms with Gasteiger partial charge in [-0.05, 0) is 43.5 Å². The summed E-state index contributed by atoms with van der Waals surface area (Å²) >= 11 is 0. The third-order valence-corrected chi connectivity index (χ3v) is 3.33. The molecule has 1 aliphatic heterocycles. The minimum atomic E-state index is -0.235. The minimum absolute atomic E-state index is 0.0477. The number of rotatable bonds is 3. The largest absolute Gasteiger partial charge is 0.339 e. The predicted molar refractivity (Wildman–Crippen MR) is 74.0 cm³/mol. The topological polar surface area (TPSA) is 75.4 Å². The molecule has 1 aromatic carbocycles. The van der Waals surface area contributed by atoms with Gasteiger partial charge in [-0.25, -0.2) is 0 Å². The van der Waals surface area contributed by atoms with Gasteiger partial charge < -0.3 is 16.0 Å². The van der Waals surface area contributed by atoms with Crippen molar-refractivity contribution >= 4 is 17.5 Å². The third kappa shape index (κ3) is 3.12. The lowest BCUT2D eigenvalue weighted by Gasteiger charge is -2.16. The molecule has 1 aromatic rings. The van der Waals surface area contributed by atoms with E-state index in [2.05, 4.69) is 5.32 Å². The average molecular weight is 261 g/mol. The molecular formula is C14H19N3O2. The lowest BCUT2D eigenvalue weighted by molar-refractivity contribution is -0.114. The fraction of sp³-hybridized carbons (Fsp3) is 0.429. The Kier molecular flexibility index (Phi) is 4.16. The summed E-state index contributed by atoms with van der Waals surface area (Å²) in [6.07, 6.45) is 2.16. The van der Waals surface area contributed by atoms with Crippen LogP contribution in [0.2, 0.25) is 0 Å². The van der Waals surface area contributed by atoms with E-state index in [4.69, 9.17) is 5.73 Å². The summed E-state index contributed by atoms with van der Waals surface area (Å²) in [5.41, 5.74) is 7.50. The lowest BCUT2D eigenvalue weighted by atomic mass is 10.1. The van der Waals surface area contributed by atoms with Gasteiger partial charge in [-0.15, -0.1) is 0 Å². The summed E-state index contributed by atoms with van der Waals surface area (Å²) in [5.74, 6) is -0.168. The number of anilines is 1. The van der Waals surface area contributed by atoms with Gasteiger partial charge in [0, 0.05) is 24.3 Å². The second-order valence-electron chi connectivity index (χ2n) is 4.78. The second kappa shape index (κ2) is 5.84. The fourth-order valence-electron chi connectivity index (χ4n) is 2.24. The van der Waals surface area contributed by atoms with Crippen LogP contribution in [-0.2, 0) is 4.79 Å². The van der Waals surface area contributed by atoms with Crippen molar-refractivity contribution in [2.75, 3.05) is 25.0 Å². The highest BCUT2D eigenvalue weighted by Gasteiger charge is 2.19. The zero-order valence-corrected chi connectivity index (χ0v) is 11.1. The number of hydrogen-bond donors (Lipinski definition) is 2. The maximum atomic E-state index is 12.2. The summed E-state index contributed by atoms with van der Waals surface area (Å²) in [6, 6.07) is 5.32. The molecular weight excluding hydrogens is 242 g/mol. The van der Waals surface area contributed by atoms with E-state index in [1.807, 2.05) is 17.9 Å². The molecule has 2 rings (SSSR count). The van der Waals surface area contributed by atoms with Gasteiger partial charge in [-0.2, -0.15) is 0 Å². The number of amides is 2. The summed E-state index contributed by atoms with van der Waals surface area (Å²) in [7, 11) is 0. The van der Waals surface area contributed by atoms with Gasteiger partial charge in [0.05, 0.1) is 6.54 Å². The number of aryl methyl sites for hydroxylation is 1. The van der Waals surface area contributed by atoms with E-state index in [0.717, 1.165) is 31.5 Å². The number of hydrogen-bond acceptors (Lipinski definition) is 3. The van der Waals surface area contributed by atoms with Crippen molar-refractivity contribution < 1.29 is 9.59 Å². The Morgan fingerprint density at radius 2 is 2.00 bits per heavy atom. The molecule has 2 amide bonds. The van der Waals surface area contributed by atoms with E-state index < -0.39 is 0 Å². The molecule has 3 N–H and O–H groups in total. The quantitative estimate of drug-likeness (QED) is 0.856. The molecule has 19 heavy (non-hydrogen) atoms. The first-order valence-corrected chi connectivity index (χ1v) is 6.51. The summed E-state index contributed by atoms with van der Waals surface area (Å²) in [6.45, 7) is 3.49. The van der Waals surface area contributed by atoms with Crippen LogP contribution in [-0.4, -0.2) is 36.3 Å². The Balaban J connectivity index is 2.13. The molecule has 0 spiro atoms. The molecule has 5 heteroatoms. The Bertz CT molecular complexity index is 493. The van der Waals surface area contributed by atoms with Gasteiger partial charge in [0.25, 0.3) is 5.91 Å². The zero-order chi connectivity index (χ0) is 13.8. The highest BCUT2D eigenvalue weighted by Crippen LogP contribution is 2.19. The Hall–Kier alpha value is -1.88. The van der Waals surface area contributed by atoms with Crippen molar-refractivity contribution in [1.29, 1.82) is 0 Å². The molecule has 1 heterocycles. The van der Waals surface area contributed by atoms with Crippen molar-refractivity contribution in [3.8, 4) is 0 Å². The van der Waals surface area contributed by atoms with Gasteiger partial charge in [0.15, 0.2) is 0 Å². The van der Waals surface area contributed by atoms with Crippen LogP contribution in [0.25, 0.3) is 0 Å². The number of benzene rings is 1. The summed E-state index contributed by atoms with van der Waals surface area (Å²) < 4.78 is 0. The smallest absolute Gasteiger partial charge is 0.253 e. The van der Waals surface area contributed by atoms with Crippen LogP contribution in [0.4, 0.5) is 5.69 Å². The van der Waals surface area contributed by atoms with Crippen LogP contribution in [0.5, 0.6) is 0 Å². The van der Waals surface area contributed by atoms with Crippen LogP contribution < -0.4 is 11.1 Å². The first-order valence-electron chi connectivity index (χ1n) is 6.51. The lowest BCUT2D eigenvalue weighted by Crippen LogP contribution is -2.27. The molecule has 1 aliphatic rings. The second-order valence-corrected chi connectivity index (χ2v) is 4.78. The van der Waals surface area contributed by atoms with E-state index in [-0.39, 0.29) is 18.4 Å². The Morgan fingerprint density at radius 1 is 1.32 bits per heavy atom. The van der Waals surface area contributed by atoms with E-state index in [1.165, 1.54) is 0 Å². The van der Waals surface area contributed by atoms with Crippen LogP contribution in [0.3, 0.4) is 0 Å². The highest BCUT2D eigenvalue weighted by atomic mass is 16.2. The average Bonchev–Trinajstić information content (AvgIpc) is 2.94. The molecule has 0 atom stereocenters. The van der Waals surface area contributed by atoms with E-state index >= 15 is 0 Å². The summed E-state index contributed by atoms with van der Waals surface area (Å²) in [4.78, 5) is 25.3. The molecule has 102 valence electrons. The Morgan fingerprint density at radius 3 is 2.58 bits per heavy atom. The number of likely N-dealkylation sites (tertiary alicyclic amines) is 1.